The van der Waals surface area contributed by atoms with Gasteiger partial charge in [-0.3, -0.25) is 4.57 Å². The summed E-state index contributed by atoms with van der Waals surface area (Å²) < 4.78 is 7.79. The third-order valence-electron chi connectivity index (χ3n) is 3.93. The third kappa shape index (κ3) is 2.49. The van der Waals surface area contributed by atoms with Crippen LogP contribution in [0.15, 0.2) is 70.0 Å². The van der Waals surface area contributed by atoms with Gasteiger partial charge >= 0.3 is 5.63 Å². The highest BCUT2D eigenvalue weighted by molar-refractivity contribution is 7.71. The van der Waals surface area contributed by atoms with Gasteiger partial charge in [-0.2, -0.15) is 0 Å². The SMILES string of the molecule is Cc1cccc(-n2cc(-c3cc4ccccc4oc3=O)[nH]c2=S)c1. The standard InChI is InChI=1S/C19H14N2O2S/c1-12-5-4-7-14(9-12)21-11-16(20-19(21)24)15-10-13-6-2-3-8-17(13)23-18(15)22/h2-11H,1H3,(H,20,24). The fraction of sp³-hybridized carbons (Fsp3) is 0.0526. The van der Waals surface area contributed by atoms with E-state index in [1.807, 2.05) is 66.2 Å². The molecule has 4 rings (SSSR count). The van der Waals surface area contributed by atoms with Crippen LogP contribution < -0.4 is 5.63 Å². The molecule has 118 valence electrons. The third-order valence-corrected chi connectivity index (χ3v) is 4.23. The van der Waals surface area contributed by atoms with Gasteiger partial charge in [0.2, 0.25) is 0 Å². The molecule has 24 heavy (non-hydrogen) atoms. The number of fused-ring (bicyclic) bond motifs is 1. The first kappa shape index (κ1) is 14.7. The van der Waals surface area contributed by atoms with Crippen LogP contribution in [0.4, 0.5) is 0 Å². The molecule has 0 bridgehead atoms. The first-order valence-electron chi connectivity index (χ1n) is 7.54. The Bertz CT molecular complexity index is 1170. The average Bonchev–Trinajstić information content (AvgIpc) is 2.96. The molecule has 2 heterocycles. The Morgan fingerprint density at radius 1 is 1.08 bits per heavy atom. The molecule has 1 N–H and O–H groups in total. The molecule has 4 aromatic rings. The molecule has 0 aliphatic rings. The van der Waals surface area contributed by atoms with Crippen molar-refractivity contribution in [3.05, 3.63) is 81.5 Å². The zero-order valence-electron chi connectivity index (χ0n) is 12.9. The van der Waals surface area contributed by atoms with Gasteiger partial charge in [0.1, 0.15) is 5.58 Å². The summed E-state index contributed by atoms with van der Waals surface area (Å²) in [4.78, 5) is 15.4. The van der Waals surface area contributed by atoms with Crippen molar-refractivity contribution in [1.29, 1.82) is 0 Å². The number of benzene rings is 2. The lowest BCUT2D eigenvalue weighted by Crippen LogP contribution is -2.02. The predicted octanol–water partition coefficient (Wildman–Crippen LogP) is 4.62. The fourth-order valence-electron chi connectivity index (χ4n) is 2.75. The molecule has 4 nitrogen and oxygen atoms in total. The highest BCUT2D eigenvalue weighted by Crippen LogP contribution is 2.21. The molecule has 5 heteroatoms. The molecule has 0 atom stereocenters. The Balaban J connectivity index is 1.90. The molecule has 0 radical (unpaired) electrons. The quantitative estimate of drug-likeness (QED) is 0.430. The number of para-hydroxylation sites is 1. The summed E-state index contributed by atoms with van der Waals surface area (Å²) in [6.45, 7) is 2.03. The Hall–Kier alpha value is -2.92. The molecular formula is C19H14N2O2S. The second kappa shape index (κ2) is 5.62. The molecule has 0 spiro atoms. The van der Waals surface area contributed by atoms with Gasteiger partial charge in [0, 0.05) is 17.3 Å². The van der Waals surface area contributed by atoms with Crippen LogP contribution in [0, 0.1) is 11.7 Å². The van der Waals surface area contributed by atoms with Crippen LogP contribution in [-0.2, 0) is 0 Å². The fourth-order valence-corrected chi connectivity index (χ4v) is 3.02. The zero-order valence-corrected chi connectivity index (χ0v) is 13.8. The number of H-pyrrole nitrogens is 1. The number of rotatable bonds is 2. The smallest absolute Gasteiger partial charge is 0.345 e. The molecule has 0 amide bonds. The number of imidazole rings is 1. The van der Waals surface area contributed by atoms with Crippen LogP contribution in [0.1, 0.15) is 5.56 Å². The molecule has 0 fully saturated rings. The normalized spacial score (nSPS) is 11.0. The summed E-state index contributed by atoms with van der Waals surface area (Å²) in [5.41, 5.74) is 3.38. The Labute approximate surface area is 143 Å². The van der Waals surface area contributed by atoms with Gasteiger partial charge in [0.15, 0.2) is 4.77 Å². The minimum absolute atomic E-state index is 0.388. The number of aryl methyl sites for hydroxylation is 1. The van der Waals surface area contributed by atoms with Crippen molar-refractivity contribution in [3.63, 3.8) is 0 Å². The Kier molecular flexibility index (Phi) is 3.43. The van der Waals surface area contributed by atoms with E-state index in [1.165, 1.54) is 0 Å². The van der Waals surface area contributed by atoms with E-state index in [0.717, 1.165) is 16.6 Å². The van der Waals surface area contributed by atoms with Crippen LogP contribution in [0.3, 0.4) is 0 Å². The summed E-state index contributed by atoms with van der Waals surface area (Å²) in [7, 11) is 0. The first-order valence-corrected chi connectivity index (χ1v) is 7.94. The van der Waals surface area contributed by atoms with E-state index in [0.29, 0.717) is 21.6 Å². The van der Waals surface area contributed by atoms with Gasteiger partial charge in [0.05, 0.1) is 11.3 Å². The number of nitrogens with one attached hydrogen (secondary N) is 1. The van der Waals surface area contributed by atoms with E-state index in [4.69, 9.17) is 16.6 Å². The van der Waals surface area contributed by atoms with Crippen LogP contribution in [0.5, 0.6) is 0 Å². The van der Waals surface area contributed by atoms with Crippen LogP contribution >= 0.6 is 12.2 Å². The van der Waals surface area contributed by atoms with Crippen molar-refractivity contribution in [2.75, 3.05) is 0 Å². The summed E-state index contributed by atoms with van der Waals surface area (Å²) >= 11 is 5.41. The summed E-state index contributed by atoms with van der Waals surface area (Å²) in [6, 6.07) is 17.3. The number of hydrogen-bond donors (Lipinski definition) is 1. The van der Waals surface area contributed by atoms with Crippen LogP contribution in [0.25, 0.3) is 27.9 Å². The maximum atomic E-state index is 12.3. The van der Waals surface area contributed by atoms with Crippen LogP contribution in [-0.4, -0.2) is 9.55 Å². The lowest BCUT2D eigenvalue weighted by Gasteiger charge is -2.03. The van der Waals surface area contributed by atoms with Crippen molar-refractivity contribution < 1.29 is 4.42 Å². The molecule has 0 aliphatic heterocycles. The first-order chi connectivity index (χ1) is 11.6. The minimum Gasteiger partial charge on any atom is -0.422 e. The van der Waals surface area contributed by atoms with Crippen molar-refractivity contribution in [3.8, 4) is 16.9 Å². The minimum atomic E-state index is -0.388. The molecule has 2 aromatic carbocycles. The molecule has 2 aromatic heterocycles. The number of aromatic nitrogens is 2. The number of aromatic amines is 1. The monoisotopic (exact) mass is 334 g/mol. The Morgan fingerprint density at radius 3 is 2.75 bits per heavy atom. The molecule has 0 aliphatic carbocycles. The van der Waals surface area contributed by atoms with E-state index in [-0.39, 0.29) is 5.63 Å². The highest BCUT2D eigenvalue weighted by atomic mass is 32.1. The molecule has 0 saturated carbocycles. The van der Waals surface area contributed by atoms with Crippen molar-refractivity contribution in [2.24, 2.45) is 0 Å². The van der Waals surface area contributed by atoms with E-state index >= 15 is 0 Å². The summed E-state index contributed by atoms with van der Waals surface area (Å²) in [6.07, 6.45) is 1.83. The van der Waals surface area contributed by atoms with Crippen LogP contribution in [0.2, 0.25) is 0 Å². The van der Waals surface area contributed by atoms with Gasteiger partial charge in [-0.05, 0) is 49.0 Å². The van der Waals surface area contributed by atoms with E-state index in [2.05, 4.69) is 4.98 Å². The Morgan fingerprint density at radius 2 is 1.92 bits per heavy atom. The summed E-state index contributed by atoms with van der Waals surface area (Å²) in [5.74, 6) is 0. The average molecular weight is 334 g/mol. The molecule has 0 unspecified atom stereocenters. The number of hydrogen-bond acceptors (Lipinski definition) is 3. The van der Waals surface area contributed by atoms with Gasteiger partial charge < -0.3 is 9.40 Å². The van der Waals surface area contributed by atoms with E-state index in [9.17, 15) is 4.79 Å². The van der Waals surface area contributed by atoms with Crippen molar-refractivity contribution in [2.45, 2.75) is 6.92 Å². The van der Waals surface area contributed by atoms with Gasteiger partial charge in [-0.25, -0.2) is 4.79 Å². The lowest BCUT2D eigenvalue weighted by molar-refractivity contribution is 0.563. The lowest BCUT2D eigenvalue weighted by atomic mass is 10.1. The topological polar surface area (TPSA) is 50.9 Å². The highest BCUT2D eigenvalue weighted by Gasteiger charge is 2.11. The molecular weight excluding hydrogens is 320 g/mol. The second-order valence-corrected chi connectivity index (χ2v) is 6.05. The van der Waals surface area contributed by atoms with Crippen molar-refractivity contribution >= 4 is 23.2 Å². The maximum Gasteiger partial charge on any atom is 0.345 e. The van der Waals surface area contributed by atoms with Gasteiger partial charge in [-0.1, -0.05) is 30.3 Å². The largest absolute Gasteiger partial charge is 0.422 e. The maximum absolute atomic E-state index is 12.3. The van der Waals surface area contributed by atoms with Crippen molar-refractivity contribution in [1.82, 2.24) is 9.55 Å². The predicted molar refractivity (Wildman–Crippen MR) is 97.2 cm³/mol. The van der Waals surface area contributed by atoms with E-state index in [1.54, 1.807) is 6.07 Å². The number of nitrogens with zero attached hydrogens (tertiary/aromatic N) is 1. The van der Waals surface area contributed by atoms with Gasteiger partial charge in [-0.15, -0.1) is 0 Å². The van der Waals surface area contributed by atoms with E-state index < -0.39 is 0 Å². The summed E-state index contributed by atoms with van der Waals surface area (Å²) in [5, 5.41) is 0.870. The van der Waals surface area contributed by atoms with Gasteiger partial charge in [0.25, 0.3) is 0 Å². The molecule has 0 saturated heterocycles. The zero-order chi connectivity index (χ0) is 16.7. The second-order valence-electron chi connectivity index (χ2n) is 5.67.